The Bertz CT molecular complexity index is 625. The van der Waals surface area contributed by atoms with E-state index in [4.69, 9.17) is 18.3 Å². The average Bonchev–Trinajstić information content (AvgIpc) is 2.87. The van der Waals surface area contributed by atoms with E-state index in [1.165, 1.54) is 89.9 Å². The van der Waals surface area contributed by atoms with Gasteiger partial charge in [-0.25, -0.2) is 9.36 Å². The van der Waals surface area contributed by atoms with Crippen LogP contribution in [0.1, 0.15) is 158 Å². The van der Waals surface area contributed by atoms with Crippen LogP contribution in [0.15, 0.2) is 0 Å². The summed E-state index contributed by atoms with van der Waals surface area (Å²) in [6.07, 6.45) is 19.5. The van der Waals surface area contributed by atoms with Gasteiger partial charge in [0.1, 0.15) is 0 Å². The summed E-state index contributed by atoms with van der Waals surface area (Å²) in [5, 5.41) is 0.165. The lowest BCUT2D eigenvalue weighted by atomic mass is 9.99. The first kappa shape index (κ1) is 38.8. The van der Waals surface area contributed by atoms with Crippen molar-refractivity contribution < 1.29 is 27.7 Å². The van der Waals surface area contributed by atoms with E-state index in [0.717, 1.165) is 18.6 Å². The second-order valence-corrected chi connectivity index (χ2v) is 15.0. The van der Waals surface area contributed by atoms with Gasteiger partial charge in [-0.05, 0) is 37.4 Å². The van der Waals surface area contributed by atoms with Crippen LogP contribution in [0.25, 0.3) is 0 Å². The van der Waals surface area contributed by atoms with Crippen molar-refractivity contribution in [3.63, 3.8) is 0 Å². The van der Waals surface area contributed by atoms with Gasteiger partial charge in [-0.1, -0.05) is 131 Å². The molecule has 8 heteroatoms. The number of carbonyl (C=O) groups excluding carboxylic acids is 1. The number of phosphoric ester groups is 1. The third-order valence-electron chi connectivity index (χ3n) is 6.50. The zero-order valence-corrected chi connectivity index (χ0v) is 28.3. The highest BCUT2D eigenvalue weighted by Crippen LogP contribution is 2.52. The van der Waals surface area contributed by atoms with E-state index in [-0.39, 0.29) is 30.0 Å². The smallest absolute Gasteiger partial charge is 0.433 e. The summed E-state index contributed by atoms with van der Waals surface area (Å²) in [6, 6.07) is 0. The van der Waals surface area contributed by atoms with Crippen LogP contribution < -0.4 is 0 Å². The normalized spacial score (nSPS) is 15.1. The molecule has 0 fully saturated rings. The van der Waals surface area contributed by atoms with Gasteiger partial charge in [0.2, 0.25) is 0 Å². The maximum atomic E-state index is 13.4. The molecule has 0 aliphatic rings. The van der Waals surface area contributed by atoms with Gasteiger partial charge >= 0.3 is 14.0 Å². The van der Waals surface area contributed by atoms with Crippen molar-refractivity contribution in [2.45, 2.75) is 169 Å². The Hall–Kier alpha value is -0.230. The first-order valence-corrected chi connectivity index (χ1v) is 18.5. The maximum absolute atomic E-state index is 13.4. The van der Waals surface area contributed by atoms with E-state index in [1.807, 2.05) is 46.4 Å². The first-order valence-electron chi connectivity index (χ1n) is 16.0. The molecule has 0 amide bonds. The van der Waals surface area contributed by atoms with Crippen molar-refractivity contribution in [1.82, 2.24) is 0 Å². The fourth-order valence-electron chi connectivity index (χ4n) is 4.17. The molecule has 0 spiro atoms. The van der Waals surface area contributed by atoms with Crippen molar-refractivity contribution >= 4 is 25.7 Å². The molecule has 0 rings (SSSR count). The monoisotopic (exact) mass is 594 g/mol. The zero-order chi connectivity index (χ0) is 29.4. The highest BCUT2D eigenvalue weighted by Gasteiger charge is 2.37. The Labute approximate surface area is 246 Å². The number of phosphoric acid groups is 1. The van der Waals surface area contributed by atoms with Crippen molar-refractivity contribution in [3.8, 4) is 0 Å². The summed E-state index contributed by atoms with van der Waals surface area (Å²) in [6.45, 7) is 14.5. The van der Waals surface area contributed by atoms with Crippen LogP contribution in [0.5, 0.6) is 0 Å². The second kappa shape index (κ2) is 24.4. The van der Waals surface area contributed by atoms with Crippen molar-refractivity contribution in [2.75, 3.05) is 19.0 Å². The zero-order valence-electron chi connectivity index (χ0n) is 26.6. The summed E-state index contributed by atoms with van der Waals surface area (Å²) < 4.78 is 35.2. The third kappa shape index (κ3) is 24.1. The average molecular weight is 595 g/mol. The van der Waals surface area contributed by atoms with Gasteiger partial charge in [0.25, 0.3) is 0 Å². The molecule has 0 aliphatic carbocycles. The molecule has 3 atom stereocenters. The third-order valence-corrected chi connectivity index (χ3v) is 9.54. The molecular weight excluding hydrogens is 531 g/mol. The van der Waals surface area contributed by atoms with Crippen LogP contribution in [0.3, 0.4) is 0 Å². The minimum absolute atomic E-state index is 0.157. The van der Waals surface area contributed by atoms with E-state index >= 15 is 0 Å². The Balaban J connectivity index is 4.83. The molecule has 0 aliphatic heterocycles. The fraction of sp³-hybridized carbons (Fsp3) is 0.968. The van der Waals surface area contributed by atoms with Crippen LogP contribution in [0, 0.1) is 5.41 Å². The molecule has 0 aromatic rings. The van der Waals surface area contributed by atoms with E-state index < -0.39 is 14.0 Å². The topological polar surface area (TPSA) is 71.1 Å². The Morgan fingerprint density at radius 2 is 1.28 bits per heavy atom. The van der Waals surface area contributed by atoms with Gasteiger partial charge in [0.05, 0.1) is 19.3 Å². The van der Waals surface area contributed by atoms with E-state index in [9.17, 15) is 9.36 Å². The summed E-state index contributed by atoms with van der Waals surface area (Å²) in [4.78, 5) is 12.3. The summed E-state index contributed by atoms with van der Waals surface area (Å²) in [5.74, 6) is 1.05. The molecule has 6 nitrogen and oxygen atoms in total. The first-order chi connectivity index (χ1) is 18.6. The van der Waals surface area contributed by atoms with Crippen molar-refractivity contribution in [2.24, 2.45) is 5.41 Å². The standard InChI is InChI=1S/C31H63O6PS/c1-8-11-13-15-16-17-18-19-21-23-26-39-29(24-22-20-14-12-9-2)28(4)36-38(33,35-25-10-3)37-30(32)34-27-31(5,6)7/h28-29H,8-27H2,1-7H3. The van der Waals surface area contributed by atoms with Gasteiger partial charge in [-0.2, -0.15) is 11.8 Å². The van der Waals surface area contributed by atoms with E-state index in [0.29, 0.717) is 6.42 Å². The molecule has 0 bridgehead atoms. The van der Waals surface area contributed by atoms with Crippen LogP contribution >= 0.6 is 19.6 Å². The minimum atomic E-state index is -4.09. The number of rotatable bonds is 26. The molecular formula is C31H63O6PS. The fourth-order valence-corrected chi connectivity index (χ4v) is 6.94. The van der Waals surface area contributed by atoms with Crippen LogP contribution in [0.2, 0.25) is 0 Å². The molecule has 0 aromatic carbocycles. The molecule has 0 radical (unpaired) electrons. The Morgan fingerprint density at radius 1 is 0.769 bits per heavy atom. The number of carbonyl (C=O) groups is 1. The summed E-state index contributed by atoms with van der Waals surface area (Å²) in [7, 11) is -4.09. The molecule has 0 heterocycles. The lowest BCUT2D eigenvalue weighted by Crippen LogP contribution is -2.25. The maximum Gasteiger partial charge on any atom is 0.534 e. The number of ether oxygens (including phenoxy) is 1. The summed E-state index contributed by atoms with van der Waals surface area (Å²) >= 11 is 1.89. The largest absolute Gasteiger partial charge is 0.534 e. The highest BCUT2D eigenvalue weighted by atomic mass is 32.2. The predicted molar refractivity (Wildman–Crippen MR) is 168 cm³/mol. The van der Waals surface area contributed by atoms with Crippen LogP contribution in [-0.4, -0.2) is 36.5 Å². The van der Waals surface area contributed by atoms with Gasteiger partial charge in [-0.3, -0.25) is 9.05 Å². The quantitative estimate of drug-likeness (QED) is 0.0560. The van der Waals surface area contributed by atoms with Crippen LogP contribution in [-0.2, 0) is 22.9 Å². The SMILES string of the molecule is CCCCCCCCCCCCSC(CCCCCCC)C(C)OP(=O)(OCCC)OC(=O)OCC(C)(C)C. The lowest BCUT2D eigenvalue weighted by molar-refractivity contribution is 0.0401. The highest BCUT2D eigenvalue weighted by molar-refractivity contribution is 7.99. The number of hydrogen-bond donors (Lipinski definition) is 0. The second-order valence-electron chi connectivity index (χ2n) is 12.1. The number of hydrogen-bond acceptors (Lipinski definition) is 7. The van der Waals surface area contributed by atoms with Gasteiger partial charge in [0, 0.05) is 5.25 Å². The Morgan fingerprint density at radius 3 is 1.79 bits per heavy atom. The van der Waals surface area contributed by atoms with Crippen LogP contribution in [0.4, 0.5) is 4.79 Å². The van der Waals surface area contributed by atoms with E-state index in [1.54, 1.807) is 0 Å². The molecule has 0 aromatic heterocycles. The van der Waals surface area contributed by atoms with Gasteiger partial charge < -0.3 is 9.26 Å². The van der Waals surface area contributed by atoms with Crippen molar-refractivity contribution in [3.05, 3.63) is 0 Å². The molecule has 234 valence electrons. The molecule has 0 saturated carbocycles. The summed E-state index contributed by atoms with van der Waals surface area (Å²) in [5.41, 5.74) is -0.227. The lowest BCUT2D eigenvalue weighted by Gasteiger charge is -2.27. The predicted octanol–water partition coefficient (Wildman–Crippen LogP) is 11.5. The van der Waals surface area contributed by atoms with E-state index in [2.05, 4.69) is 13.8 Å². The number of thioether (sulfide) groups is 1. The Kier molecular flexibility index (Phi) is 24.2. The van der Waals surface area contributed by atoms with Gasteiger partial charge in [-0.15, -0.1) is 0 Å². The number of unbranched alkanes of at least 4 members (excludes halogenated alkanes) is 13. The molecule has 0 saturated heterocycles. The molecule has 39 heavy (non-hydrogen) atoms. The molecule has 3 unspecified atom stereocenters. The minimum Gasteiger partial charge on any atom is -0.433 e. The van der Waals surface area contributed by atoms with Crippen molar-refractivity contribution in [1.29, 1.82) is 0 Å². The molecule has 0 N–H and O–H groups in total. The van der Waals surface area contributed by atoms with Gasteiger partial charge in [0.15, 0.2) is 0 Å².